The summed E-state index contributed by atoms with van der Waals surface area (Å²) in [5, 5.41) is 4.00. The summed E-state index contributed by atoms with van der Waals surface area (Å²) in [7, 11) is 0. The molecule has 24 heavy (non-hydrogen) atoms. The van der Waals surface area contributed by atoms with E-state index in [4.69, 9.17) is 0 Å². The Hall–Kier alpha value is -1.98. The van der Waals surface area contributed by atoms with Crippen LogP contribution in [0.2, 0.25) is 0 Å². The van der Waals surface area contributed by atoms with Gasteiger partial charge in [-0.3, -0.25) is 4.79 Å². The van der Waals surface area contributed by atoms with Crippen LogP contribution in [0.3, 0.4) is 0 Å². The highest BCUT2D eigenvalue weighted by Crippen LogP contribution is 2.27. The van der Waals surface area contributed by atoms with E-state index in [2.05, 4.69) is 38.4 Å². The van der Waals surface area contributed by atoms with E-state index in [-0.39, 0.29) is 5.91 Å². The summed E-state index contributed by atoms with van der Waals surface area (Å²) < 4.78 is 0.966. The van der Waals surface area contributed by atoms with Crippen LogP contribution in [0.25, 0.3) is 10.6 Å². The Morgan fingerprint density at radius 2 is 1.83 bits per heavy atom. The molecule has 1 N–H and O–H groups in total. The van der Waals surface area contributed by atoms with Crippen LogP contribution in [-0.2, 0) is 6.42 Å². The monoisotopic (exact) mass is 400 g/mol. The van der Waals surface area contributed by atoms with Crippen LogP contribution in [0.4, 0.5) is 0 Å². The van der Waals surface area contributed by atoms with Gasteiger partial charge in [-0.2, -0.15) is 0 Å². The lowest BCUT2D eigenvalue weighted by atomic mass is 10.2. The number of benzene rings is 2. The minimum Gasteiger partial charge on any atom is -0.352 e. The largest absolute Gasteiger partial charge is 0.352 e. The van der Waals surface area contributed by atoms with Crippen molar-refractivity contribution in [2.45, 2.75) is 13.3 Å². The zero-order valence-electron chi connectivity index (χ0n) is 13.3. The zero-order chi connectivity index (χ0) is 16.9. The average Bonchev–Trinajstić information content (AvgIpc) is 2.97. The molecule has 0 fully saturated rings. The second-order valence-electron chi connectivity index (χ2n) is 5.41. The topological polar surface area (TPSA) is 42.0 Å². The fraction of sp³-hybridized carbons (Fsp3) is 0.158. The molecule has 1 amide bonds. The van der Waals surface area contributed by atoms with E-state index in [1.54, 1.807) is 11.3 Å². The van der Waals surface area contributed by atoms with Crippen LogP contribution in [0.15, 0.2) is 59.1 Å². The Bertz CT molecular complexity index is 828. The number of thiazole rings is 1. The maximum absolute atomic E-state index is 12.1. The number of nitrogens with zero attached hydrogens (tertiary/aromatic N) is 1. The van der Waals surface area contributed by atoms with Crippen LogP contribution in [0, 0.1) is 6.92 Å². The third-order valence-corrected chi connectivity index (χ3v) is 5.45. The van der Waals surface area contributed by atoms with Gasteiger partial charge < -0.3 is 5.32 Å². The number of hydrogen-bond donors (Lipinski definition) is 1. The Kier molecular flexibility index (Phi) is 5.43. The number of aryl methyl sites for hydroxylation is 1. The summed E-state index contributed by atoms with van der Waals surface area (Å²) in [6.45, 7) is 2.63. The standard InChI is InChI=1S/C19H17BrN2OS/c1-13-17(24-19(22-13)15-5-3-2-4-6-15)11-12-21-18(23)14-7-9-16(20)10-8-14/h2-10H,11-12H2,1H3,(H,21,23). The van der Waals surface area contributed by atoms with Gasteiger partial charge in [0.1, 0.15) is 5.01 Å². The second kappa shape index (κ2) is 7.73. The van der Waals surface area contributed by atoms with Crippen molar-refractivity contribution in [1.82, 2.24) is 10.3 Å². The third-order valence-electron chi connectivity index (χ3n) is 3.66. The van der Waals surface area contributed by atoms with Crippen molar-refractivity contribution in [3.05, 3.63) is 75.2 Å². The Balaban J connectivity index is 1.60. The summed E-state index contributed by atoms with van der Waals surface area (Å²) in [6.07, 6.45) is 0.790. The zero-order valence-corrected chi connectivity index (χ0v) is 15.7. The van der Waals surface area contributed by atoms with Gasteiger partial charge in [0.05, 0.1) is 5.69 Å². The highest BCUT2D eigenvalue weighted by Gasteiger charge is 2.10. The molecule has 3 rings (SSSR count). The first-order chi connectivity index (χ1) is 11.6. The van der Waals surface area contributed by atoms with Crippen LogP contribution in [0.1, 0.15) is 20.9 Å². The molecular formula is C19H17BrN2OS. The molecule has 3 aromatic rings. The Labute approximate surface area is 153 Å². The highest BCUT2D eigenvalue weighted by molar-refractivity contribution is 9.10. The number of nitrogens with one attached hydrogen (secondary N) is 1. The molecule has 0 spiro atoms. The molecule has 0 aliphatic rings. The van der Waals surface area contributed by atoms with Crippen LogP contribution < -0.4 is 5.32 Å². The van der Waals surface area contributed by atoms with Gasteiger partial charge in [-0.15, -0.1) is 11.3 Å². The van der Waals surface area contributed by atoms with Gasteiger partial charge >= 0.3 is 0 Å². The van der Waals surface area contributed by atoms with Crippen molar-refractivity contribution < 1.29 is 4.79 Å². The number of amides is 1. The van der Waals surface area contributed by atoms with Gasteiger partial charge in [0.2, 0.25) is 0 Å². The normalized spacial score (nSPS) is 10.6. The number of carbonyl (C=O) groups excluding carboxylic acids is 1. The van der Waals surface area contributed by atoms with Crippen molar-refractivity contribution in [2.24, 2.45) is 0 Å². The van der Waals surface area contributed by atoms with Gasteiger partial charge in [0.15, 0.2) is 0 Å². The molecule has 1 heterocycles. The fourth-order valence-corrected chi connectivity index (χ4v) is 3.69. The summed E-state index contributed by atoms with van der Waals surface area (Å²) in [5.41, 5.74) is 2.84. The molecule has 0 unspecified atom stereocenters. The lowest BCUT2D eigenvalue weighted by Crippen LogP contribution is -2.25. The van der Waals surface area contributed by atoms with E-state index in [1.165, 1.54) is 4.88 Å². The van der Waals surface area contributed by atoms with Gasteiger partial charge in [0, 0.05) is 33.4 Å². The van der Waals surface area contributed by atoms with Gasteiger partial charge in [-0.1, -0.05) is 46.3 Å². The van der Waals surface area contributed by atoms with Gasteiger partial charge in [-0.25, -0.2) is 4.98 Å². The van der Waals surface area contributed by atoms with E-state index in [0.717, 1.165) is 27.2 Å². The third kappa shape index (κ3) is 4.10. The van der Waals surface area contributed by atoms with E-state index in [1.807, 2.05) is 49.4 Å². The molecule has 3 nitrogen and oxygen atoms in total. The predicted molar refractivity (Wildman–Crippen MR) is 102 cm³/mol. The van der Waals surface area contributed by atoms with Crippen molar-refractivity contribution in [1.29, 1.82) is 0 Å². The van der Waals surface area contributed by atoms with Crippen molar-refractivity contribution >= 4 is 33.2 Å². The number of hydrogen-bond acceptors (Lipinski definition) is 3. The summed E-state index contributed by atoms with van der Waals surface area (Å²) in [5.74, 6) is -0.0482. The lowest BCUT2D eigenvalue weighted by Gasteiger charge is -2.04. The first kappa shape index (κ1) is 16.9. The fourth-order valence-electron chi connectivity index (χ4n) is 2.36. The minimum absolute atomic E-state index is 0.0482. The minimum atomic E-state index is -0.0482. The summed E-state index contributed by atoms with van der Waals surface area (Å²) in [4.78, 5) is 18.0. The van der Waals surface area contributed by atoms with Crippen molar-refractivity contribution in [2.75, 3.05) is 6.54 Å². The molecule has 0 atom stereocenters. The van der Waals surface area contributed by atoms with Crippen molar-refractivity contribution in [3.63, 3.8) is 0 Å². The van der Waals surface area contributed by atoms with Gasteiger partial charge in [0.25, 0.3) is 5.91 Å². The second-order valence-corrected chi connectivity index (χ2v) is 7.41. The Morgan fingerprint density at radius 1 is 1.12 bits per heavy atom. The SMILES string of the molecule is Cc1nc(-c2ccccc2)sc1CCNC(=O)c1ccc(Br)cc1. The van der Waals surface area contributed by atoms with E-state index >= 15 is 0 Å². The molecule has 2 aromatic carbocycles. The van der Waals surface area contributed by atoms with Crippen LogP contribution in [0.5, 0.6) is 0 Å². The molecule has 0 saturated heterocycles. The summed E-state index contributed by atoms with van der Waals surface area (Å²) in [6, 6.07) is 17.5. The molecule has 1 aromatic heterocycles. The molecule has 0 saturated carbocycles. The quantitative estimate of drug-likeness (QED) is 0.664. The lowest BCUT2D eigenvalue weighted by molar-refractivity contribution is 0.0954. The van der Waals surface area contributed by atoms with Gasteiger partial charge in [-0.05, 0) is 31.2 Å². The maximum atomic E-state index is 12.1. The van der Waals surface area contributed by atoms with E-state index in [9.17, 15) is 4.79 Å². The summed E-state index contributed by atoms with van der Waals surface area (Å²) >= 11 is 5.06. The first-order valence-electron chi connectivity index (χ1n) is 7.69. The first-order valence-corrected chi connectivity index (χ1v) is 9.30. The number of carbonyl (C=O) groups is 1. The van der Waals surface area contributed by atoms with E-state index in [0.29, 0.717) is 12.1 Å². The molecule has 0 radical (unpaired) electrons. The number of aromatic nitrogens is 1. The molecule has 0 aliphatic heterocycles. The molecular weight excluding hydrogens is 384 g/mol. The Morgan fingerprint density at radius 3 is 2.54 bits per heavy atom. The maximum Gasteiger partial charge on any atom is 0.251 e. The van der Waals surface area contributed by atoms with Crippen molar-refractivity contribution in [3.8, 4) is 10.6 Å². The smallest absolute Gasteiger partial charge is 0.251 e. The molecule has 0 bridgehead atoms. The highest BCUT2D eigenvalue weighted by atomic mass is 79.9. The number of rotatable bonds is 5. The number of halogens is 1. The van der Waals surface area contributed by atoms with Crippen LogP contribution in [-0.4, -0.2) is 17.4 Å². The molecule has 122 valence electrons. The average molecular weight is 401 g/mol. The van der Waals surface area contributed by atoms with E-state index < -0.39 is 0 Å². The molecule has 5 heteroatoms. The predicted octanol–water partition coefficient (Wildman–Crippen LogP) is 4.85. The molecule has 0 aliphatic carbocycles. The van der Waals surface area contributed by atoms with Crippen LogP contribution >= 0.6 is 27.3 Å².